The van der Waals surface area contributed by atoms with Crippen molar-refractivity contribution in [2.45, 2.75) is 58.7 Å². The molecule has 1 aromatic carbocycles. The van der Waals surface area contributed by atoms with Crippen molar-refractivity contribution in [2.24, 2.45) is 4.99 Å². The molecule has 0 atom stereocenters. The Morgan fingerprint density at radius 2 is 1.97 bits per heavy atom. The number of hydrogen-bond acceptors (Lipinski definition) is 5. The van der Waals surface area contributed by atoms with E-state index in [-0.39, 0.29) is 24.0 Å². The van der Waals surface area contributed by atoms with Gasteiger partial charge < -0.3 is 24.7 Å². The zero-order valence-electron chi connectivity index (χ0n) is 18.6. The normalized spacial score (nSPS) is 13.7. The predicted octanol–water partition coefficient (Wildman–Crippen LogP) is 3.29. The van der Waals surface area contributed by atoms with Crippen molar-refractivity contribution in [3.63, 3.8) is 0 Å². The largest absolute Gasteiger partial charge is 0.497 e. The van der Waals surface area contributed by atoms with Crippen LogP contribution in [0.1, 0.15) is 49.8 Å². The molecule has 0 unspecified atom stereocenters. The topological polar surface area (TPSA) is 85.6 Å². The van der Waals surface area contributed by atoms with E-state index in [4.69, 9.17) is 14.5 Å². The monoisotopic (exact) mass is 542 g/mol. The van der Waals surface area contributed by atoms with Crippen LogP contribution >= 0.6 is 24.0 Å². The second-order valence-corrected chi connectivity index (χ2v) is 7.34. The molecule has 2 N–H and O–H groups in total. The molecule has 31 heavy (non-hydrogen) atoms. The van der Waals surface area contributed by atoms with Gasteiger partial charge in [0.1, 0.15) is 11.6 Å². The molecule has 9 heteroatoms. The van der Waals surface area contributed by atoms with Gasteiger partial charge in [-0.05, 0) is 43.9 Å². The van der Waals surface area contributed by atoms with Gasteiger partial charge in [0.05, 0.1) is 20.2 Å². The molecule has 0 aliphatic carbocycles. The molecule has 1 aromatic heterocycles. The number of halogens is 1. The Bertz CT molecular complexity index is 794. The van der Waals surface area contributed by atoms with Gasteiger partial charge in [0.15, 0.2) is 11.8 Å². The van der Waals surface area contributed by atoms with Gasteiger partial charge >= 0.3 is 0 Å². The molecular weight excluding hydrogens is 507 g/mol. The Morgan fingerprint density at radius 1 is 1.13 bits per heavy atom. The Balaban J connectivity index is 0.00000341. The van der Waals surface area contributed by atoms with Crippen LogP contribution in [0.25, 0.3) is 0 Å². The lowest BCUT2D eigenvalue weighted by Gasteiger charge is -2.13. The lowest BCUT2D eigenvalue weighted by atomic mass is 10.2. The quantitative estimate of drug-likeness (QED) is 0.208. The van der Waals surface area contributed by atoms with Gasteiger partial charge in [-0.25, -0.2) is 4.99 Å². The first-order valence-electron chi connectivity index (χ1n) is 10.9. The van der Waals surface area contributed by atoms with E-state index in [0.717, 1.165) is 68.1 Å². The number of aromatic nitrogens is 3. The zero-order chi connectivity index (χ0) is 21.0. The summed E-state index contributed by atoms with van der Waals surface area (Å²) in [4.78, 5) is 4.75. The number of nitrogens with one attached hydrogen (secondary N) is 2. The first kappa shape index (κ1) is 25.4. The first-order chi connectivity index (χ1) is 14.8. The third-order valence-electron chi connectivity index (χ3n) is 5.14. The van der Waals surface area contributed by atoms with E-state index in [1.54, 1.807) is 7.11 Å². The fraction of sp³-hybridized carbons (Fsp3) is 0.591. The van der Waals surface area contributed by atoms with E-state index in [9.17, 15) is 0 Å². The summed E-state index contributed by atoms with van der Waals surface area (Å²) in [5.41, 5.74) is 1.13. The van der Waals surface area contributed by atoms with Crippen molar-refractivity contribution >= 4 is 29.9 Å². The summed E-state index contributed by atoms with van der Waals surface area (Å²) in [6.45, 7) is 6.49. The van der Waals surface area contributed by atoms with Gasteiger partial charge in [-0.2, -0.15) is 0 Å². The van der Waals surface area contributed by atoms with Crippen molar-refractivity contribution < 1.29 is 9.47 Å². The number of nitrogens with zero attached hydrogens (tertiary/aromatic N) is 4. The summed E-state index contributed by atoms with van der Waals surface area (Å²) in [7, 11) is 1.67. The zero-order valence-corrected chi connectivity index (χ0v) is 20.9. The molecule has 1 aliphatic rings. The molecule has 172 valence electrons. The van der Waals surface area contributed by atoms with Crippen LogP contribution in [0.2, 0.25) is 0 Å². The minimum atomic E-state index is 0. The Morgan fingerprint density at radius 3 is 2.74 bits per heavy atom. The molecule has 0 saturated carbocycles. The van der Waals surface area contributed by atoms with Gasteiger partial charge in [-0.3, -0.25) is 0 Å². The van der Waals surface area contributed by atoms with Crippen LogP contribution in [0, 0.1) is 0 Å². The maximum Gasteiger partial charge on any atom is 0.191 e. The first-order valence-corrected chi connectivity index (χ1v) is 10.9. The molecule has 0 fully saturated rings. The number of fused-ring (bicyclic) bond motifs is 1. The third kappa shape index (κ3) is 8.29. The van der Waals surface area contributed by atoms with E-state index < -0.39 is 0 Å². The Labute approximate surface area is 202 Å². The Hall–Kier alpha value is -1.88. The molecule has 0 radical (unpaired) electrons. The van der Waals surface area contributed by atoms with E-state index in [1.165, 1.54) is 19.3 Å². The highest BCUT2D eigenvalue weighted by atomic mass is 127. The van der Waals surface area contributed by atoms with E-state index in [1.807, 2.05) is 31.2 Å². The van der Waals surface area contributed by atoms with Crippen LogP contribution in [0.4, 0.5) is 0 Å². The molecule has 0 saturated heterocycles. The van der Waals surface area contributed by atoms with Gasteiger partial charge in [-0.1, -0.05) is 18.6 Å². The maximum absolute atomic E-state index is 5.43. The molecule has 2 aromatic rings. The van der Waals surface area contributed by atoms with E-state index in [0.29, 0.717) is 13.1 Å². The second kappa shape index (κ2) is 14.2. The predicted molar refractivity (Wildman–Crippen MR) is 133 cm³/mol. The van der Waals surface area contributed by atoms with Crippen LogP contribution < -0.4 is 15.4 Å². The van der Waals surface area contributed by atoms with Crippen molar-refractivity contribution in [1.82, 2.24) is 25.4 Å². The van der Waals surface area contributed by atoms with Crippen LogP contribution in [0.15, 0.2) is 29.3 Å². The summed E-state index contributed by atoms with van der Waals surface area (Å²) in [5.74, 6) is 3.70. The highest BCUT2D eigenvalue weighted by Crippen LogP contribution is 2.14. The summed E-state index contributed by atoms with van der Waals surface area (Å²) in [5, 5.41) is 15.6. The van der Waals surface area contributed by atoms with E-state index in [2.05, 4.69) is 25.4 Å². The molecule has 0 amide bonds. The lowest BCUT2D eigenvalue weighted by molar-refractivity contribution is 0.145. The highest BCUT2D eigenvalue weighted by Gasteiger charge is 2.14. The molecule has 3 rings (SSSR count). The fourth-order valence-electron chi connectivity index (χ4n) is 3.44. The molecule has 1 aliphatic heterocycles. The number of benzene rings is 1. The number of aliphatic imine (C=N–C) groups is 1. The smallest absolute Gasteiger partial charge is 0.191 e. The second-order valence-electron chi connectivity index (χ2n) is 7.34. The molecule has 8 nitrogen and oxygen atoms in total. The Kier molecular flexibility index (Phi) is 11.7. The van der Waals surface area contributed by atoms with E-state index >= 15 is 0 Å². The minimum absolute atomic E-state index is 0. The van der Waals surface area contributed by atoms with Crippen LogP contribution in [-0.2, 0) is 30.8 Å². The average molecular weight is 542 g/mol. The van der Waals surface area contributed by atoms with Crippen molar-refractivity contribution in [1.29, 1.82) is 0 Å². The van der Waals surface area contributed by atoms with Crippen molar-refractivity contribution in [2.75, 3.05) is 26.9 Å². The molecule has 0 bridgehead atoms. The third-order valence-corrected chi connectivity index (χ3v) is 5.14. The fourth-order valence-corrected chi connectivity index (χ4v) is 3.44. The van der Waals surface area contributed by atoms with Gasteiger partial charge in [0.25, 0.3) is 0 Å². The van der Waals surface area contributed by atoms with Crippen LogP contribution in [-0.4, -0.2) is 47.6 Å². The van der Waals surface area contributed by atoms with Gasteiger partial charge in [0.2, 0.25) is 0 Å². The summed E-state index contributed by atoms with van der Waals surface area (Å²) in [6.07, 6.45) is 5.58. The molecular formula is C22H35IN6O2. The number of guanidine groups is 1. The number of aryl methyl sites for hydroxylation is 1. The standard InChI is InChI=1S/C22H34N6O2.HI/c1-3-30-15-7-13-23-22(24-16-18-9-11-19(29-2)12-10-18)25-17-21-27-26-20-8-5-4-6-14-28(20)21;/h9-12H,3-8,13-17H2,1-2H3,(H2,23,24,25);1H. The number of rotatable bonds is 10. The van der Waals surface area contributed by atoms with Crippen LogP contribution in [0.3, 0.4) is 0 Å². The summed E-state index contributed by atoms with van der Waals surface area (Å²) >= 11 is 0. The van der Waals surface area contributed by atoms with Gasteiger partial charge in [0, 0.05) is 32.7 Å². The molecule has 2 heterocycles. The minimum Gasteiger partial charge on any atom is -0.497 e. The summed E-state index contributed by atoms with van der Waals surface area (Å²) in [6, 6.07) is 7.98. The maximum atomic E-state index is 5.43. The molecule has 0 spiro atoms. The summed E-state index contributed by atoms with van der Waals surface area (Å²) < 4.78 is 12.9. The number of methoxy groups -OCH3 is 1. The highest BCUT2D eigenvalue weighted by molar-refractivity contribution is 14.0. The lowest BCUT2D eigenvalue weighted by Crippen LogP contribution is -2.38. The van der Waals surface area contributed by atoms with Crippen LogP contribution in [0.5, 0.6) is 5.75 Å². The van der Waals surface area contributed by atoms with Crippen molar-refractivity contribution in [3.05, 3.63) is 41.5 Å². The average Bonchev–Trinajstić information content (AvgIpc) is 3.01. The SMILES string of the molecule is CCOCCCNC(=NCc1ccc(OC)cc1)NCc1nnc2n1CCCCC2.I. The van der Waals surface area contributed by atoms with Crippen molar-refractivity contribution in [3.8, 4) is 5.75 Å². The number of hydrogen-bond donors (Lipinski definition) is 2. The van der Waals surface area contributed by atoms with Gasteiger partial charge in [-0.15, -0.1) is 34.2 Å². The number of ether oxygens (including phenoxy) is 2.